The minimum Gasteiger partial charge on any atom is -0.394 e. The highest BCUT2D eigenvalue weighted by molar-refractivity contribution is 7.93. The largest absolute Gasteiger partial charge is 0.394 e. The molecular weight excluding hydrogens is 278 g/mol. The van der Waals surface area contributed by atoms with E-state index in [0.717, 1.165) is 5.39 Å². The third-order valence-electron chi connectivity index (χ3n) is 2.84. The van der Waals surface area contributed by atoms with Crippen molar-refractivity contribution < 1.29 is 8.42 Å². The fourth-order valence-corrected chi connectivity index (χ4v) is 3.17. The number of nitrogen functional groups attached to an aromatic ring is 1. The van der Waals surface area contributed by atoms with Crippen LogP contribution >= 0.6 is 0 Å². The van der Waals surface area contributed by atoms with Gasteiger partial charge in [-0.3, -0.25) is 14.8 Å². The lowest BCUT2D eigenvalue weighted by atomic mass is 10.2. The summed E-state index contributed by atoms with van der Waals surface area (Å²) in [5.74, 6) is 0.149. The number of rotatable bonds is 3. The Hall–Kier alpha value is -2.61. The Bertz CT molecular complexity index is 867. The second-order valence-electron chi connectivity index (χ2n) is 4.16. The first kappa shape index (κ1) is 12.4. The number of anilines is 2. The number of nitrogens with two attached hydrogens (primary N) is 1. The summed E-state index contributed by atoms with van der Waals surface area (Å²) in [6, 6.07) is 6.64. The highest BCUT2D eigenvalue weighted by atomic mass is 32.2. The molecule has 0 aliphatic rings. The van der Waals surface area contributed by atoms with E-state index >= 15 is 0 Å². The SMILES string of the molecule is Nc1cn[nH]c1NS(=O)(=O)c1cccc2cnccc12. The van der Waals surface area contributed by atoms with E-state index in [4.69, 9.17) is 5.73 Å². The summed E-state index contributed by atoms with van der Waals surface area (Å²) in [5.41, 5.74) is 5.84. The first-order valence-electron chi connectivity index (χ1n) is 5.72. The van der Waals surface area contributed by atoms with Gasteiger partial charge in [-0.15, -0.1) is 0 Å². The van der Waals surface area contributed by atoms with Crippen molar-refractivity contribution in [3.05, 3.63) is 42.9 Å². The van der Waals surface area contributed by atoms with Gasteiger partial charge in [-0.25, -0.2) is 8.42 Å². The molecule has 20 heavy (non-hydrogen) atoms. The maximum Gasteiger partial charge on any atom is 0.263 e. The Morgan fingerprint density at radius 3 is 2.80 bits per heavy atom. The summed E-state index contributed by atoms with van der Waals surface area (Å²) in [6.07, 6.45) is 4.50. The monoisotopic (exact) mass is 289 g/mol. The van der Waals surface area contributed by atoms with Crippen LogP contribution in [0, 0.1) is 0 Å². The van der Waals surface area contributed by atoms with E-state index in [1.165, 1.54) is 12.3 Å². The van der Waals surface area contributed by atoms with Gasteiger partial charge in [0.1, 0.15) is 0 Å². The minimum atomic E-state index is -3.76. The van der Waals surface area contributed by atoms with E-state index in [1.54, 1.807) is 30.6 Å². The molecule has 102 valence electrons. The molecule has 0 saturated heterocycles. The summed E-state index contributed by atoms with van der Waals surface area (Å²) < 4.78 is 27.2. The number of pyridine rings is 1. The molecule has 2 heterocycles. The van der Waals surface area contributed by atoms with Crippen molar-refractivity contribution in [2.45, 2.75) is 4.90 Å². The maximum absolute atomic E-state index is 12.4. The summed E-state index contributed by atoms with van der Waals surface area (Å²) >= 11 is 0. The van der Waals surface area contributed by atoms with Crippen molar-refractivity contribution in [1.82, 2.24) is 15.2 Å². The number of H-pyrrole nitrogens is 1. The topological polar surface area (TPSA) is 114 Å². The van der Waals surface area contributed by atoms with E-state index in [-0.39, 0.29) is 16.4 Å². The van der Waals surface area contributed by atoms with E-state index in [1.807, 2.05) is 0 Å². The van der Waals surface area contributed by atoms with Crippen LogP contribution in [0.1, 0.15) is 0 Å². The van der Waals surface area contributed by atoms with Crippen LogP contribution in [0.4, 0.5) is 11.5 Å². The molecule has 0 unspecified atom stereocenters. The molecule has 0 bridgehead atoms. The molecule has 1 aromatic carbocycles. The predicted octanol–water partition coefficient (Wildman–Crippen LogP) is 1.34. The van der Waals surface area contributed by atoms with Crippen LogP contribution in [0.5, 0.6) is 0 Å². The molecule has 0 spiro atoms. The number of hydrogen-bond acceptors (Lipinski definition) is 5. The van der Waals surface area contributed by atoms with Gasteiger partial charge in [0.15, 0.2) is 5.82 Å². The normalized spacial score (nSPS) is 11.6. The Labute approximate surface area is 114 Å². The summed E-state index contributed by atoms with van der Waals surface area (Å²) in [5, 5.41) is 7.51. The van der Waals surface area contributed by atoms with E-state index in [0.29, 0.717) is 5.39 Å². The number of aromatic amines is 1. The van der Waals surface area contributed by atoms with E-state index in [9.17, 15) is 8.42 Å². The predicted molar refractivity (Wildman–Crippen MR) is 75.6 cm³/mol. The zero-order valence-electron chi connectivity index (χ0n) is 10.2. The van der Waals surface area contributed by atoms with Crippen molar-refractivity contribution in [1.29, 1.82) is 0 Å². The lowest BCUT2D eigenvalue weighted by Gasteiger charge is -2.09. The molecule has 3 aromatic rings. The first-order valence-corrected chi connectivity index (χ1v) is 7.20. The van der Waals surface area contributed by atoms with Crippen molar-refractivity contribution in [2.24, 2.45) is 0 Å². The second kappa shape index (κ2) is 4.49. The maximum atomic E-state index is 12.4. The lowest BCUT2D eigenvalue weighted by molar-refractivity contribution is 0.602. The number of nitrogens with one attached hydrogen (secondary N) is 2. The molecule has 2 aromatic heterocycles. The Morgan fingerprint density at radius 1 is 1.20 bits per heavy atom. The molecule has 0 radical (unpaired) electrons. The van der Waals surface area contributed by atoms with Crippen molar-refractivity contribution in [3.8, 4) is 0 Å². The van der Waals surface area contributed by atoms with Gasteiger partial charge in [-0.2, -0.15) is 5.10 Å². The van der Waals surface area contributed by atoms with E-state index in [2.05, 4.69) is 19.9 Å². The molecule has 4 N–H and O–H groups in total. The van der Waals surface area contributed by atoms with Gasteiger partial charge in [-0.1, -0.05) is 12.1 Å². The fourth-order valence-electron chi connectivity index (χ4n) is 1.89. The Balaban J connectivity index is 2.12. The summed E-state index contributed by atoms with van der Waals surface area (Å²) in [4.78, 5) is 4.13. The fraction of sp³-hybridized carbons (Fsp3) is 0. The summed E-state index contributed by atoms with van der Waals surface area (Å²) in [6.45, 7) is 0. The average Bonchev–Trinajstić information content (AvgIpc) is 2.83. The molecule has 0 saturated carbocycles. The van der Waals surface area contributed by atoms with Gasteiger partial charge in [0.2, 0.25) is 0 Å². The quantitative estimate of drug-likeness (QED) is 0.673. The number of sulfonamides is 1. The van der Waals surface area contributed by atoms with Crippen LogP contribution in [0.2, 0.25) is 0 Å². The molecule has 0 atom stereocenters. The number of hydrogen-bond donors (Lipinski definition) is 3. The molecular formula is C12H11N5O2S. The standard InChI is InChI=1S/C12H11N5O2S/c13-10-7-15-16-12(10)17-20(18,19)11-3-1-2-8-6-14-5-4-9(8)11/h1-7H,13H2,(H2,15,16,17). The Kier molecular flexibility index (Phi) is 2.79. The lowest BCUT2D eigenvalue weighted by Crippen LogP contribution is -2.14. The van der Waals surface area contributed by atoms with Crippen LogP contribution in [-0.2, 0) is 10.0 Å². The van der Waals surface area contributed by atoms with Gasteiger partial charge in [0, 0.05) is 23.2 Å². The molecule has 0 aliphatic heterocycles. The third-order valence-corrected chi connectivity index (χ3v) is 4.24. The van der Waals surface area contributed by atoms with Crippen LogP contribution in [-0.4, -0.2) is 23.6 Å². The van der Waals surface area contributed by atoms with Gasteiger partial charge < -0.3 is 5.73 Å². The van der Waals surface area contributed by atoms with Gasteiger partial charge in [-0.05, 0) is 12.1 Å². The number of fused-ring (bicyclic) bond motifs is 1. The van der Waals surface area contributed by atoms with Gasteiger partial charge in [0.25, 0.3) is 10.0 Å². The van der Waals surface area contributed by atoms with Crippen LogP contribution in [0.3, 0.4) is 0 Å². The van der Waals surface area contributed by atoms with Crippen LogP contribution < -0.4 is 10.5 Å². The molecule has 0 fully saturated rings. The molecule has 7 nitrogen and oxygen atoms in total. The molecule has 0 aliphatic carbocycles. The molecule has 0 amide bonds. The van der Waals surface area contributed by atoms with E-state index < -0.39 is 10.0 Å². The summed E-state index contributed by atoms with van der Waals surface area (Å²) in [7, 11) is -3.76. The highest BCUT2D eigenvalue weighted by Crippen LogP contribution is 2.25. The van der Waals surface area contributed by atoms with Crippen molar-refractivity contribution in [3.63, 3.8) is 0 Å². The zero-order valence-corrected chi connectivity index (χ0v) is 11.1. The highest BCUT2D eigenvalue weighted by Gasteiger charge is 2.19. The van der Waals surface area contributed by atoms with Gasteiger partial charge in [0.05, 0.1) is 16.8 Å². The minimum absolute atomic E-state index is 0.149. The Morgan fingerprint density at radius 2 is 2.05 bits per heavy atom. The zero-order chi connectivity index (χ0) is 14.2. The smallest absolute Gasteiger partial charge is 0.263 e. The average molecular weight is 289 g/mol. The molecule has 8 heteroatoms. The second-order valence-corrected chi connectivity index (χ2v) is 5.81. The number of nitrogens with zero attached hydrogens (tertiary/aromatic N) is 2. The van der Waals surface area contributed by atoms with Crippen LogP contribution in [0.25, 0.3) is 10.8 Å². The number of aromatic nitrogens is 3. The third kappa shape index (κ3) is 2.05. The molecule has 3 rings (SSSR count). The first-order chi connectivity index (χ1) is 9.58. The van der Waals surface area contributed by atoms with Crippen molar-refractivity contribution >= 4 is 32.3 Å². The van der Waals surface area contributed by atoms with Gasteiger partial charge >= 0.3 is 0 Å². The van der Waals surface area contributed by atoms with Crippen LogP contribution in [0.15, 0.2) is 47.8 Å². The van der Waals surface area contributed by atoms with Crippen molar-refractivity contribution in [2.75, 3.05) is 10.5 Å². The number of benzene rings is 1.